The number of rotatable bonds is 3. The van der Waals surface area contributed by atoms with Gasteiger partial charge in [0.2, 0.25) is 0 Å². The van der Waals surface area contributed by atoms with Crippen molar-refractivity contribution in [2.24, 2.45) is 5.92 Å². The van der Waals surface area contributed by atoms with Gasteiger partial charge in [-0.2, -0.15) is 0 Å². The summed E-state index contributed by atoms with van der Waals surface area (Å²) in [6, 6.07) is -0.868. The van der Waals surface area contributed by atoms with Crippen LogP contribution in [-0.2, 0) is 4.79 Å². The van der Waals surface area contributed by atoms with Gasteiger partial charge < -0.3 is 15.3 Å². The van der Waals surface area contributed by atoms with Gasteiger partial charge in [0.25, 0.3) is 0 Å². The maximum absolute atomic E-state index is 12.1. The number of carboxylic acids is 1. The average molecular weight is 256 g/mol. The number of aliphatic carboxylic acids is 1. The van der Waals surface area contributed by atoms with Crippen LogP contribution in [0.4, 0.5) is 4.79 Å². The molecule has 0 radical (unpaired) electrons. The first-order chi connectivity index (χ1) is 8.43. The van der Waals surface area contributed by atoms with Crippen molar-refractivity contribution in [3.05, 3.63) is 0 Å². The predicted octanol–water partition coefficient (Wildman–Crippen LogP) is 2.07. The number of carbonyl (C=O) groups is 2. The summed E-state index contributed by atoms with van der Waals surface area (Å²) in [5.74, 6) is -0.562. The summed E-state index contributed by atoms with van der Waals surface area (Å²) >= 11 is 0. The van der Waals surface area contributed by atoms with Crippen molar-refractivity contribution in [3.8, 4) is 0 Å². The highest BCUT2D eigenvalue weighted by atomic mass is 16.4. The minimum atomic E-state index is -0.899. The van der Waals surface area contributed by atoms with E-state index in [1.54, 1.807) is 0 Å². The van der Waals surface area contributed by atoms with E-state index in [0.717, 1.165) is 19.3 Å². The Hall–Kier alpha value is -1.26. The largest absolute Gasteiger partial charge is 0.480 e. The second kappa shape index (κ2) is 6.61. The molecule has 0 aromatic rings. The van der Waals surface area contributed by atoms with Crippen LogP contribution in [0.5, 0.6) is 0 Å². The normalized spacial score (nSPS) is 22.4. The Balaban J connectivity index is 2.69. The molecular weight excluding hydrogens is 232 g/mol. The van der Waals surface area contributed by atoms with E-state index in [4.69, 9.17) is 0 Å². The van der Waals surface area contributed by atoms with Crippen LogP contribution in [0.3, 0.4) is 0 Å². The molecule has 5 heteroatoms. The molecule has 0 aromatic carbocycles. The van der Waals surface area contributed by atoms with Gasteiger partial charge in [-0.15, -0.1) is 0 Å². The van der Waals surface area contributed by atoms with E-state index in [2.05, 4.69) is 5.32 Å². The molecule has 1 saturated heterocycles. The van der Waals surface area contributed by atoms with Gasteiger partial charge in [-0.1, -0.05) is 26.7 Å². The molecule has 18 heavy (non-hydrogen) atoms. The quantitative estimate of drug-likeness (QED) is 0.812. The maximum Gasteiger partial charge on any atom is 0.326 e. The van der Waals surface area contributed by atoms with Crippen LogP contribution in [0.15, 0.2) is 0 Å². The molecule has 104 valence electrons. The molecule has 2 N–H and O–H groups in total. The molecule has 2 amide bonds. The summed E-state index contributed by atoms with van der Waals surface area (Å²) in [5, 5.41) is 12.1. The fourth-order valence-corrected chi connectivity index (χ4v) is 2.05. The Kier molecular flexibility index (Phi) is 5.44. The van der Waals surface area contributed by atoms with Crippen molar-refractivity contribution >= 4 is 12.0 Å². The molecule has 2 unspecified atom stereocenters. The predicted molar refractivity (Wildman–Crippen MR) is 69.4 cm³/mol. The number of hydrogen-bond donors (Lipinski definition) is 2. The number of carboxylic acid groups (broad SMARTS) is 1. The highest BCUT2D eigenvalue weighted by Crippen LogP contribution is 2.17. The molecule has 0 saturated carbocycles. The van der Waals surface area contributed by atoms with E-state index in [0.29, 0.717) is 18.9 Å². The molecule has 0 aromatic heterocycles. The van der Waals surface area contributed by atoms with E-state index in [-0.39, 0.29) is 12.1 Å². The van der Waals surface area contributed by atoms with E-state index in [1.165, 1.54) is 4.90 Å². The molecule has 0 bridgehead atoms. The van der Waals surface area contributed by atoms with Gasteiger partial charge in [0, 0.05) is 12.6 Å². The highest BCUT2D eigenvalue weighted by Gasteiger charge is 2.31. The van der Waals surface area contributed by atoms with Crippen LogP contribution in [-0.4, -0.2) is 40.6 Å². The standard InChI is InChI=1S/C13H24N2O3/c1-9(2)10(3)14-13(18)15-8-6-4-5-7-11(15)12(16)17/h9-11H,4-8H2,1-3H3,(H,14,18)(H,16,17). The fourth-order valence-electron chi connectivity index (χ4n) is 2.05. The topological polar surface area (TPSA) is 69.6 Å². The van der Waals surface area contributed by atoms with Gasteiger partial charge in [0.05, 0.1) is 0 Å². The first kappa shape index (κ1) is 14.8. The lowest BCUT2D eigenvalue weighted by molar-refractivity contribution is -0.142. The second-order valence-electron chi connectivity index (χ2n) is 5.38. The third-order valence-electron chi connectivity index (χ3n) is 3.65. The Morgan fingerprint density at radius 2 is 1.89 bits per heavy atom. The summed E-state index contributed by atoms with van der Waals surface area (Å²) in [5.41, 5.74) is 0. The first-order valence-electron chi connectivity index (χ1n) is 6.73. The summed E-state index contributed by atoms with van der Waals surface area (Å²) in [7, 11) is 0. The SMILES string of the molecule is CC(C)C(C)NC(=O)N1CCCCCC1C(=O)O. The lowest BCUT2D eigenvalue weighted by Crippen LogP contribution is -2.52. The maximum atomic E-state index is 12.1. The van der Waals surface area contributed by atoms with E-state index in [1.807, 2.05) is 20.8 Å². The van der Waals surface area contributed by atoms with Crippen LogP contribution < -0.4 is 5.32 Å². The Labute approximate surface area is 109 Å². The molecule has 1 heterocycles. The van der Waals surface area contributed by atoms with Crippen molar-refractivity contribution < 1.29 is 14.7 Å². The first-order valence-corrected chi connectivity index (χ1v) is 6.73. The zero-order valence-electron chi connectivity index (χ0n) is 11.5. The van der Waals surface area contributed by atoms with E-state index in [9.17, 15) is 14.7 Å². The number of carbonyl (C=O) groups excluding carboxylic acids is 1. The van der Waals surface area contributed by atoms with Gasteiger partial charge in [0.1, 0.15) is 6.04 Å². The van der Waals surface area contributed by atoms with Crippen LogP contribution in [0, 0.1) is 5.92 Å². The van der Waals surface area contributed by atoms with Crippen molar-refractivity contribution in [1.29, 1.82) is 0 Å². The number of nitrogens with one attached hydrogen (secondary N) is 1. The summed E-state index contributed by atoms with van der Waals surface area (Å²) in [4.78, 5) is 24.8. The zero-order chi connectivity index (χ0) is 13.7. The van der Waals surface area contributed by atoms with Crippen molar-refractivity contribution in [1.82, 2.24) is 10.2 Å². The molecule has 1 aliphatic heterocycles. The molecule has 0 spiro atoms. The zero-order valence-corrected chi connectivity index (χ0v) is 11.5. The van der Waals surface area contributed by atoms with Gasteiger partial charge in [-0.3, -0.25) is 0 Å². The lowest BCUT2D eigenvalue weighted by Gasteiger charge is -2.29. The number of urea groups is 1. The van der Waals surface area contributed by atoms with Gasteiger partial charge in [0.15, 0.2) is 0 Å². The minimum Gasteiger partial charge on any atom is -0.480 e. The molecular formula is C13H24N2O3. The second-order valence-corrected chi connectivity index (χ2v) is 5.38. The average Bonchev–Trinajstić information content (AvgIpc) is 2.53. The molecule has 1 fully saturated rings. The number of nitrogens with zero attached hydrogens (tertiary/aromatic N) is 1. The third kappa shape index (κ3) is 3.89. The number of likely N-dealkylation sites (tertiary alicyclic amines) is 1. The van der Waals surface area contributed by atoms with Crippen molar-refractivity contribution in [2.45, 2.75) is 58.5 Å². The van der Waals surface area contributed by atoms with Crippen LogP contribution >= 0.6 is 0 Å². The summed E-state index contributed by atoms with van der Waals surface area (Å²) < 4.78 is 0. The van der Waals surface area contributed by atoms with Gasteiger partial charge in [-0.05, 0) is 25.7 Å². The Bertz CT molecular complexity index is 305. The van der Waals surface area contributed by atoms with Crippen LogP contribution in [0.1, 0.15) is 46.5 Å². The lowest BCUT2D eigenvalue weighted by atomic mass is 10.1. The molecule has 0 aliphatic carbocycles. The third-order valence-corrected chi connectivity index (χ3v) is 3.65. The number of hydrogen-bond acceptors (Lipinski definition) is 2. The molecule has 1 aliphatic rings. The summed E-state index contributed by atoms with van der Waals surface area (Å²) in [6.45, 7) is 6.54. The molecule has 5 nitrogen and oxygen atoms in total. The minimum absolute atomic E-state index is 0.0511. The molecule has 1 rings (SSSR count). The van der Waals surface area contributed by atoms with Crippen molar-refractivity contribution in [2.75, 3.05) is 6.54 Å². The monoisotopic (exact) mass is 256 g/mol. The fraction of sp³-hybridized carbons (Fsp3) is 0.846. The smallest absolute Gasteiger partial charge is 0.326 e. The number of amides is 2. The highest BCUT2D eigenvalue weighted by molar-refractivity contribution is 5.82. The van der Waals surface area contributed by atoms with Crippen LogP contribution in [0.2, 0.25) is 0 Å². The Morgan fingerprint density at radius 3 is 2.44 bits per heavy atom. The van der Waals surface area contributed by atoms with Gasteiger partial charge in [-0.25, -0.2) is 9.59 Å². The summed E-state index contributed by atoms with van der Waals surface area (Å²) in [6.07, 6.45) is 3.31. The van der Waals surface area contributed by atoms with E-state index >= 15 is 0 Å². The van der Waals surface area contributed by atoms with Crippen LogP contribution in [0.25, 0.3) is 0 Å². The Morgan fingerprint density at radius 1 is 1.22 bits per heavy atom. The van der Waals surface area contributed by atoms with E-state index < -0.39 is 12.0 Å². The van der Waals surface area contributed by atoms with Crippen molar-refractivity contribution in [3.63, 3.8) is 0 Å². The molecule has 2 atom stereocenters. The van der Waals surface area contributed by atoms with Gasteiger partial charge >= 0.3 is 12.0 Å².